The van der Waals surface area contributed by atoms with Gasteiger partial charge in [-0.1, -0.05) is 36.0 Å². The molecule has 5 rings (SSSR count). The van der Waals surface area contributed by atoms with Crippen molar-refractivity contribution in [2.24, 2.45) is 0 Å². The summed E-state index contributed by atoms with van der Waals surface area (Å²) in [6.45, 7) is 0. The third-order valence-corrected chi connectivity index (χ3v) is 6.00. The second-order valence-electron chi connectivity index (χ2n) is 6.99. The monoisotopic (exact) mass is 407 g/mol. The number of fused-ring (bicyclic) bond motifs is 1. The molecule has 0 amide bonds. The normalized spacial score (nSPS) is 18.2. The number of anilines is 1. The molecule has 1 unspecified atom stereocenters. The summed E-state index contributed by atoms with van der Waals surface area (Å²) in [5, 5.41) is 8.44. The average molecular weight is 407 g/mol. The van der Waals surface area contributed by atoms with Crippen LogP contribution < -0.4 is 5.32 Å². The van der Waals surface area contributed by atoms with E-state index in [0.717, 1.165) is 24.2 Å². The molecule has 3 heterocycles. The molecule has 0 radical (unpaired) electrons. The van der Waals surface area contributed by atoms with Crippen LogP contribution in [-0.4, -0.2) is 25.5 Å². The van der Waals surface area contributed by atoms with Crippen LogP contribution in [0, 0.1) is 5.82 Å². The lowest BCUT2D eigenvalue weighted by Crippen LogP contribution is -2.32. The number of hydrogen-bond donors (Lipinski definition) is 1. The van der Waals surface area contributed by atoms with Gasteiger partial charge in [-0.3, -0.25) is 9.78 Å². The molecule has 1 N–H and O–H groups in total. The second kappa shape index (κ2) is 7.44. The third-order valence-electron chi connectivity index (χ3n) is 5.12. The average Bonchev–Trinajstić information content (AvgIpc) is 3.15. The van der Waals surface area contributed by atoms with Crippen LogP contribution in [0.25, 0.3) is 0 Å². The number of nitrogens with one attached hydrogen (secondary N) is 1. The zero-order valence-corrected chi connectivity index (χ0v) is 16.3. The van der Waals surface area contributed by atoms with E-state index in [-0.39, 0.29) is 11.6 Å². The Bertz CT molecular complexity index is 1110. The molecular weight excluding hydrogens is 389 g/mol. The minimum absolute atomic E-state index is 0.0378. The fourth-order valence-corrected chi connectivity index (χ4v) is 4.55. The first-order valence-electron chi connectivity index (χ1n) is 9.47. The summed E-state index contributed by atoms with van der Waals surface area (Å²) < 4.78 is 16.3. The summed E-state index contributed by atoms with van der Waals surface area (Å²) in [5.74, 6) is 0.848. The molecule has 0 saturated carbocycles. The van der Waals surface area contributed by atoms with Crippen molar-refractivity contribution >= 4 is 23.5 Å². The van der Waals surface area contributed by atoms with Crippen LogP contribution in [0.1, 0.15) is 36.6 Å². The first-order valence-corrected chi connectivity index (χ1v) is 10.5. The summed E-state index contributed by atoms with van der Waals surface area (Å²) >= 11 is 1.46. The van der Waals surface area contributed by atoms with E-state index in [0.29, 0.717) is 34.4 Å². The lowest BCUT2D eigenvalue weighted by Gasteiger charge is -2.32. The zero-order valence-electron chi connectivity index (χ0n) is 15.5. The van der Waals surface area contributed by atoms with Crippen molar-refractivity contribution in [2.75, 3.05) is 5.32 Å². The number of Topliss-reactive ketones (excluding diaryl/α,β-unsaturated/α-hetero) is 1. The number of thioether (sulfide) groups is 1. The topological polar surface area (TPSA) is 72.7 Å². The van der Waals surface area contributed by atoms with Gasteiger partial charge in [0.25, 0.3) is 0 Å². The Morgan fingerprint density at radius 3 is 2.86 bits per heavy atom. The summed E-state index contributed by atoms with van der Waals surface area (Å²) in [7, 11) is 0. The molecular formula is C21H18FN5OS. The van der Waals surface area contributed by atoms with E-state index >= 15 is 0 Å². The minimum Gasteiger partial charge on any atom is -0.328 e. The fraction of sp³-hybridized carbons (Fsp3) is 0.238. The molecule has 0 spiro atoms. The van der Waals surface area contributed by atoms with Gasteiger partial charge in [0.05, 0.1) is 5.69 Å². The smallest absolute Gasteiger partial charge is 0.227 e. The Kier molecular flexibility index (Phi) is 4.63. The molecule has 1 aliphatic heterocycles. The minimum atomic E-state index is -0.605. The van der Waals surface area contributed by atoms with Gasteiger partial charge < -0.3 is 5.32 Å². The Morgan fingerprint density at radius 1 is 1.17 bits per heavy atom. The molecule has 3 aromatic rings. The van der Waals surface area contributed by atoms with Crippen molar-refractivity contribution in [2.45, 2.75) is 36.2 Å². The Morgan fingerprint density at radius 2 is 2.03 bits per heavy atom. The largest absolute Gasteiger partial charge is 0.328 e. The number of halogens is 1. The van der Waals surface area contributed by atoms with Crippen LogP contribution in [-0.2, 0) is 10.5 Å². The van der Waals surface area contributed by atoms with Gasteiger partial charge >= 0.3 is 0 Å². The van der Waals surface area contributed by atoms with E-state index in [9.17, 15) is 9.18 Å². The zero-order chi connectivity index (χ0) is 19.8. The Hall–Kier alpha value is -3.00. The lowest BCUT2D eigenvalue weighted by molar-refractivity contribution is -0.116. The molecule has 2 aliphatic rings. The molecule has 29 heavy (non-hydrogen) atoms. The number of nitrogens with zero attached hydrogens (tertiary/aromatic N) is 4. The second-order valence-corrected chi connectivity index (χ2v) is 7.93. The van der Waals surface area contributed by atoms with Crippen LogP contribution in [0.15, 0.2) is 65.1 Å². The number of pyridine rings is 1. The van der Waals surface area contributed by atoms with Gasteiger partial charge in [0.15, 0.2) is 5.78 Å². The summed E-state index contributed by atoms with van der Waals surface area (Å²) in [5.41, 5.74) is 2.79. The molecule has 1 aliphatic carbocycles. The molecule has 0 saturated heterocycles. The highest BCUT2D eigenvalue weighted by Crippen LogP contribution is 2.41. The first-order chi connectivity index (χ1) is 14.2. The van der Waals surface area contributed by atoms with Crippen LogP contribution in [0.5, 0.6) is 0 Å². The van der Waals surface area contributed by atoms with Gasteiger partial charge in [0.2, 0.25) is 11.1 Å². The predicted molar refractivity (Wildman–Crippen MR) is 108 cm³/mol. The number of carbonyl (C=O) groups excluding carboxylic acids is 1. The molecule has 6 nitrogen and oxygen atoms in total. The standard InChI is InChI=1S/C21H18FN5OS/c22-15-8-2-1-7-14(15)19-18-16(9-5-10-17(18)28)24-20-25-21(26-27(19)20)29-12-13-6-3-4-11-23-13/h1-4,6-8,11,19H,5,9-10,12H2,(H,24,25,26). The van der Waals surface area contributed by atoms with Crippen LogP contribution in [0.2, 0.25) is 0 Å². The van der Waals surface area contributed by atoms with Gasteiger partial charge in [-0.2, -0.15) is 4.98 Å². The van der Waals surface area contributed by atoms with Crippen molar-refractivity contribution in [1.82, 2.24) is 19.7 Å². The van der Waals surface area contributed by atoms with Crippen molar-refractivity contribution < 1.29 is 9.18 Å². The molecule has 2 aromatic heterocycles. The number of ketones is 1. The van der Waals surface area contributed by atoms with E-state index in [1.54, 1.807) is 29.1 Å². The highest BCUT2D eigenvalue weighted by Gasteiger charge is 2.37. The lowest BCUT2D eigenvalue weighted by atomic mass is 9.85. The van der Waals surface area contributed by atoms with Crippen molar-refractivity contribution in [3.63, 3.8) is 0 Å². The van der Waals surface area contributed by atoms with Crippen molar-refractivity contribution in [3.8, 4) is 0 Å². The quantitative estimate of drug-likeness (QED) is 0.656. The molecule has 1 atom stereocenters. The van der Waals surface area contributed by atoms with E-state index < -0.39 is 6.04 Å². The maximum Gasteiger partial charge on any atom is 0.227 e. The summed E-state index contributed by atoms with van der Waals surface area (Å²) in [4.78, 5) is 21.7. The molecule has 1 aromatic carbocycles. The van der Waals surface area contributed by atoms with E-state index in [4.69, 9.17) is 0 Å². The Labute approximate surface area is 171 Å². The van der Waals surface area contributed by atoms with Gasteiger partial charge in [0, 0.05) is 35.2 Å². The first kappa shape index (κ1) is 18.1. The highest BCUT2D eigenvalue weighted by molar-refractivity contribution is 7.98. The highest BCUT2D eigenvalue weighted by atomic mass is 32.2. The molecule has 0 bridgehead atoms. The fourth-order valence-electron chi connectivity index (χ4n) is 3.80. The number of allylic oxidation sites excluding steroid dienone is 2. The number of aromatic nitrogens is 4. The molecule has 146 valence electrons. The van der Waals surface area contributed by atoms with Gasteiger partial charge in [-0.25, -0.2) is 9.07 Å². The van der Waals surface area contributed by atoms with E-state index in [1.165, 1.54) is 17.8 Å². The van der Waals surface area contributed by atoms with E-state index in [2.05, 4.69) is 20.4 Å². The van der Waals surface area contributed by atoms with Gasteiger partial charge in [-0.15, -0.1) is 5.10 Å². The van der Waals surface area contributed by atoms with Gasteiger partial charge in [0.1, 0.15) is 11.9 Å². The van der Waals surface area contributed by atoms with Crippen LogP contribution in [0.4, 0.5) is 10.3 Å². The van der Waals surface area contributed by atoms with E-state index in [1.807, 2.05) is 18.2 Å². The molecule has 8 heteroatoms. The number of hydrogen-bond acceptors (Lipinski definition) is 6. The number of benzene rings is 1. The maximum absolute atomic E-state index is 14.7. The molecule has 0 fully saturated rings. The Balaban J connectivity index is 1.54. The van der Waals surface area contributed by atoms with Crippen LogP contribution in [0.3, 0.4) is 0 Å². The summed E-state index contributed by atoms with van der Waals surface area (Å²) in [6, 6.07) is 11.7. The van der Waals surface area contributed by atoms with Crippen molar-refractivity contribution in [1.29, 1.82) is 0 Å². The summed E-state index contributed by atoms with van der Waals surface area (Å²) in [6.07, 6.45) is 3.75. The van der Waals surface area contributed by atoms with Crippen molar-refractivity contribution in [3.05, 3.63) is 77.0 Å². The third kappa shape index (κ3) is 3.33. The van der Waals surface area contributed by atoms with Crippen LogP contribution >= 0.6 is 11.8 Å². The number of rotatable bonds is 4. The maximum atomic E-state index is 14.7. The SMILES string of the molecule is O=C1CCCC2=C1C(c1ccccc1F)n1nc(SCc3ccccn3)nc1N2. The number of carbonyl (C=O) groups is 1. The predicted octanol–water partition coefficient (Wildman–Crippen LogP) is 4.13. The van der Waals surface area contributed by atoms with Gasteiger partial charge in [-0.05, 0) is 31.0 Å².